The molecule has 0 spiro atoms. The fourth-order valence-electron chi connectivity index (χ4n) is 8.00. The number of hydrogen-bond acceptors (Lipinski definition) is 26. The average molecular weight is 2210 g/mol. The third-order valence-electron chi connectivity index (χ3n) is 14.6. The van der Waals surface area contributed by atoms with Gasteiger partial charge in [-0.1, -0.05) is 6.42 Å². The highest BCUT2D eigenvalue weighted by atomic mass is 32.1. The van der Waals surface area contributed by atoms with Crippen LogP contribution in [0, 0.1) is 0 Å². The summed E-state index contributed by atoms with van der Waals surface area (Å²) in [5.74, 6) is -9.50. The first kappa shape index (κ1) is 142. The number of unbranched alkanes of at least 4 members (excludes halogenated alkanes) is 4. The molecule has 0 aromatic carbocycles. The van der Waals surface area contributed by atoms with Gasteiger partial charge in [0.15, 0.2) is 5.90 Å². The van der Waals surface area contributed by atoms with E-state index in [1.807, 2.05) is 0 Å². The molecule has 0 rings (SSSR count). The number of carbonyl (C=O) groups excluding carboxylic acids is 8. The predicted molar refractivity (Wildman–Crippen MR) is 467 cm³/mol. The molecule has 77 heteroatoms. The van der Waals surface area contributed by atoms with E-state index in [9.17, 15) is 141 Å². The molecule has 0 fully saturated rings. The summed E-state index contributed by atoms with van der Waals surface area (Å²) in [6, 6.07) is 0. The molecule has 0 aliphatic carbocycles. The first-order valence-electron chi connectivity index (χ1n) is 35.7. The molecule has 768 valence electrons. The molecule has 0 saturated carbocycles. The smallest absolute Gasteiger partial charge is 0.368 e. The first-order valence-corrected chi connectivity index (χ1v) is 68.1. The minimum Gasteiger partial charge on any atom is -0.368 e. The number of amides is 8. The van der Waals surface area contributed by atoms with Crippen LogP contribution in [-0.2, 0) is 111 Å². The fraction of sp³-hybridized carbons (Fsp3) is 0.843. The van der Waals surface area contributed by atoms with E-state index in [-0.39, 0.29) is 117 Å². The van der Waals surface area contributed by atoms with Crippen molar-refractivity contribution in [3.63, 3.8) is 0 Å². The van der Waals surface area contributed by atoms with Crippen molar-refractivity contribution in [2.24, 2.45) is 0 Å². The molecule has 7 unspecified atom stereocenters. The van der Waals surface area contributed by atoms with Crippen molar-refractivity contribution in [1.29, 1.82) is 0 Å². The summed E-state index contributed by atoms with van der Waals surface area (Å²) in [5.41, 5.74) is 0. The molecule has 0 aliphatic rings. The standard InChI is InChI=1S/C9H21NO8P2.C8H19NO6P2.C7H17NO6P2.2C6H15NO6P2.C5H14NO8P3.2C5H13NO6P2/c1-8(11)10(2)7-5-3-4-6-9(12,19(13,14)15)20(16,17)18;1-8(10)9(2)5-3-4-6-16(11,12)7-17(13,14)15;1-7(9)8-4-2-3-5-15(10,11)6-16(12,13)14;2*1-6(8)7(2)3-4-14(9,10)5-15(11,12)13;1-5(7)6-2-3-15(8,17(12,13)14)4-16(9,10)11;2*1-5(7)6-2-3-13(8,9)4-14(10,11)12/h12H,3-7H2,1-2H3,(H2,13,14,15)(H2,16,17,18);3-7H2,1-2H3,(H,11,12)(H2,13,14,15);2-6H2,1H3,(H,8,9)(H,10,11)(H2,12,13,14);2*3-5H2,1-2H3,(H,9,10)(H2,11,12,13);8H,2-4H2,1H3,(H4-,6,7,9,10,11,12,13,14);2*2-4H2,1H3,(H,6,7)(H,8,9)(H2,10,11,12)/p+1. The third kappa shape index (κ3) is 93.8. The van der Waals surface area contributed by atoms with Crippen LogP contribution in [0.2, 0.25) is 0 Å². The maximum Gasteiger partial charge on any atom is 0.494 e. The van der Waals surface area contributed by atoms with Gasteiger partial charge in [0.1, 0.15) is 41.6 Å². The highest BCUT2D eigenvalue weighted by Crippen LogP contribution is 2.86. The largest absolute Gasteiger partial charge is 0.494 e. The minimum absolute atomic E-state index is 0.00309. The summed E-state index contributed by atoms with van der Waals surface area (Å²) in [4.78, 5) is 328. The summed E-state index contributed by atoms with van der Waals surface area (Å²) in [6.45, 7) is 11.3. The SMILES string of the molecule is CC(=O)N(C)CCCCCC(O)(P(=O)(O)O)P(=O)(O)O.CC(=O)N(C)CCCCP(=O)(O)CP(=O)(O)O.CC(=O)N(C)CCP(=O)(O)CP(=O)(O)O.CC(=O)N(C)CCP(=O)(O)CP(=O)(O)O.CC(=O)NCCCCP(=O)(O)CP(=O)(O)O.CC(=O)NCCP(=O)(O)CP(=O)(O)O.CC(=O)NCCP(=O)(O)CP(=O)(O)O.CC(=O)NCC[P+](O)(CP(=O)(O)O)P(=O)(O)O. The lowest BCUT2D eigenvalue weighted by Gasteiger charge is -2.29. The molecule has 0 aromatic heterocycles. The molecule has 0 radical (unpaired) electrons. The van der Waals surface area contributed by atoms with E-state index < -0.39 is 192 Å². The Morgan fingerprint density at radius 3 is 0.719 bits per heavy atom. The zero-order chi connectivity index (χ0) is 104. The zero-order valence-corrected chi connectivity index (χ0v) is 86.6. The van der Waals surface area contributed by atoms with Gasteiger partial charge in [-0.3, -0.25) is 117 Å². The van der Waals surface area contributed by atoms with Crippen LogP contribution in [0.4, 0.5) is 0 Å². The van der Waals surface area contributed by atoms with Gasteiger partial charge in [-0.05, 0) is 44.9 Å². The molecule has 32 N–H and O–H groups in total. The Labute approximate surface area is 737 Å². The van der Waals surface area contributed by atoms with Crippen LogP contribution in [0.25, 0.3) is 0 Å². The van der Waals surface area contributed by atoms with Crippen LogP contribution in [0.1, 0.15) is 107 Å². The number of aliphatic hydroxyl groups is 1. The summed E-state index contributed by atoms with van der Waals surface area (Å²) in [7, 11) is -68.3. The Hall–Kier alpha value is -1.25. The molecule has 60 nitrogen and oxygen atoms in total. The van der Waals surface area contributed by atoms with Gasteiger partial charge in [-0.25, -0.2) is 9.46 Å². The number of carbonyl (C=O) groups is 8. The van der Waals surface area contributed by atoms with Crippen molar-refractivity contribution in [2.75, 3.05) is 165 Å². The summed E-state index contributed by atoms with van der Waals surface area (Å²) >= 11 is 0. The zero-order valence-electron chi connectivity index (χ0n) is 71.4. The molecule has 0 aromatic rings. The van der Waals surface area contributed by atoms with E-state index in [0.717, 1.165) is 6.92 Å². The number of nitrogens with one attached hydrogen (secondary N) is 4. The molecular weight excluding hydrogens is 2080 g/mol. The van der Waals surface area contributed by atoms with Gasteiger partial charge in [-0.15, -0.1) is 0 Å². The van der Waals surface area contributed by atoms with E-state index in [0.29, 0.717) is 58.2 Å². The number of hydrogen-bond donors (Lipinski definition) is 32. The molecule has 0 heterocycles. The molecule has 0 aliphatic heterocycles. The van der Waals surface area contributed by atoms with Crippen molar-refractivity contribution in [1.82, 2.24) is 40.9 Å². The van der Waals surface area contributed by atoms with E-state index in [2.05, 4.69) is 21.3 Å². The highest BCUT2D eigenvalue weighted by Gasteiger charge is 2.59. The third-order valence-corrected chi connectivity index (χ3v) is 53.4. The second-order valence-electron chi connectivity index (χ2n) is 28.0. The van der Waals surface area contributed by atoms with E-state index in [1.54, 1.807) is 14.1 Å². The lowest BCUT2D eigenvalue weighted by atomic mass is 10.2. The monoisotopic (exact) mass is 2210 g/mol. The Morgan fingerprint density at radius 2 is 0.492 bits per heavy atom. The van der Waals surface area contributed by atoms with Crippen LogP contribution >= 0.6 is 127 Å². The van der Waals surface area contributed by atoms with Crippen LogP contribution in [-0.4, -0.2) is 374 Å². The molecule has 0 bridgehead atoms. The Bertz CT molecular complexity index is 4170. The molecule has 0 saturated heterocycles. The lowest BCUT2D eigenvalue weighted by Crippen LogP contribution is -2.28. The van der Waals surface area contributed by atoms with Gasteiger partial charge in [0.25, 0.3) is 12.3 Å². The van der Waals surface area contributed by atoms with Crippen molar-refractivity contribution in [2.45, 2.75) is 112 Å². The summed E-state index contributed by atoms with van der Waals surface area (Å²) in [5, 5.41) is 15.5. The van der Waals surface area contributed by atoms with Crippen molar-refractivity contribution in [3.05, 3.63) is 0 Å². The minimum atomic E-state index is -5.36. The van der Waals surface area contributed by atoms with Gasteiger partial charge < -0.3 is 163 Å². The first-order chi connectivity index (χ1) is 56.2. The summed E-state index contributed by atoms with van der Waals surface area (Å²) in [6.07, 6.45) is -0.244. The lowest BCUT2D eigenvalue weighted by molar-refractivity contribution is -0.128. The van der Waals surface area contributed by atoms with E-state index in [1.165, 1.54) is 82.2 Å². The Morgan fingerprint density at radius 1 is 0.273 bits per heavy atom. The second kappa shape index (κ2) is 62.6. The number of nitrogens with zero attached hydrogens (tertiary/aromatic N) is 4. The quantitative estimate of drug-likeness (QED) is 0.0258. The van der Waals surface area contributed by atoms with Crippen molar-refractivity contribution >= 4 is 174 Å². The van der Waals surface area contributed by atoms with Crippen LogP contribution < -0.4 is 21.3 Å². The van der Waals surface area contributed by atoms with Crippen molar-refractivity contribution in [3.8, 4) is 0 Å². The predicted octanol–water partition coefficient (Wildman–Crippen LogP) is -0.942. The Balaban J connectivity index is -0.000000215. The van der Waals surface area contributed by atoms with Crippen LogP contribution in [0.5, 0.6) is 0 Å². The van der Waals surface area contributed by atoms with Crippen LogP contribution in [0.3, 0.4) is 0 Å². The molecule has 128 heavy (non-hydrogen) atoms. The Kier molecular flexibility index (Phi) is 69.6. The second-order valence-corrected chi connectivity index (χ2v) is 69.1. The van der Waals surface area contributed by atoms with Gasteiger partial charge in [0, 0.05) is 166 Å². The number of rotatable bonds is 48. The van der Waals surface area contributed by atoms with Gasteiger partial charge in [-0.2, -0.15) is 0 Å². The van der Waals surface area contributed by atoms with Gasteiger partial charge in [0.2, 0.25) is 91.5 Å². The van der Waals surface area contributed by atoms with E-state index >= 15 is 0 Å². The topological polar surface area (TPSA) is 1040 Å². The average Bonchev–Trinajstić information content (AvgIpc) is 0.768. The van der Waals surface area contributed by atoms with Crippen LogP contribution in [0.15, 0.2) is 0 Å². The molecule has 7 atom stereocenters. The normalized spacial score (nSPS) is 15.4. The highest BCUT2D eigenvalue weighted by molar-refractivity contribution is 8.36. The van der Waals surface area contributed by atoms with E-state index in [4.69, 9.17) is 108 Å². The maximum atomic E-state index is 11.4. The fourth-order valence-corrected chi connectivity index (χ4v) is 39.4. The molecule has 8 amide bonds. The van der Waals surface area contributed by atoms with Gasteiger partial charge in [0.05, 0.1) is 6.54 Å². The summed E-state index contributed by atoms with van der Waals surface area (Å²) < 4.78 is 174. The van der Waals surface area contributed by atoms with Gasteiger partial charge >= 0.3 is 75.6 Å². The van der Waals surface area contributed by atoms with Crippen molar-refractivity contribution < 1.29 is 249 Å². The maximum absolute atomic E-state index is 11.4. The molecular formula is C51H128N8O52P17+.